The normalized spacial score (nSPS) is 15.2. The number of carbonyl (C=O) groups is 1. The predicted molar refractivity (Wildman–Crippen MR) is 93.4 cm³/mol. The summed E-state index contributed by atoms with van der Waals surface area (Å²) in [5, 5.41) is 2.80. The fourth-order valence-corrected chi connectivity index (χ4v) is 2.71. The summed E-state index contributed by atoms with van der Waals surface area (Å²) < 4.78 is 5.69. The molecule has 1 aromatic heterocycles. The minimum atomic E-state index is -0.614. The molecule has 6 nitrogen and oxygen atoms in total. The molecule has 0 aliphatic carbocycles. The van der Waals surface area contributed by atoms with Crippen LogP contribution in [0, 0.1) is 6.92 Å². The molecule has 6 heteroatoms. The fourth-order valence-electron chi connectivity index (χ4n) is 2.71. The topological polar surface area (TPSA) is 67.3 Å². The van der Waals surface area contributed by atoms with Gasteiger partial charge in [-0.2, -0.15) is 0 Å². The van der Waals surface area contributed by atoms with E-state index in [1.54, 1.807) is 6.92 Å². The maximum absolute atomic E-state index is 12.3. The number of nitrogens with one attached hydrogen (secondary N) is 1. The van der Waals surface area contributed by atoms with Crippen LogP contribution >= 0.6 is 0 Å². The summed E-state index contributed by atoms with van der Waals surface area (Å²) >= 11 is 0. The van der Waals surface area contributed by atoms with Crippen LogP contribution in [0.1, 0.15) is 25.3 Å². The van der Waals surface area contributed by atoms with Gasteiger partial charge >= 0.3 is 0 Å². The Morgan fingerprint density at radius 1 is 1.25 bits per heavy atom. The van der Waals surface area contributed by atoms with E-state index in [0.29, 0.717) is 11.6 Å². The van der Waals surface area contributed by atoms with E-state index in [0.717, 1.165) is 24.5 Å². The first-order valence-electron chi connectivity index (χ1n) is 8.23. The Bertz CT molecular complexity index is 714. The zero-order chi connectivity index (χ0) is 16.9. The molecule has 1 atom stereocenters. The molecule has 1 N–H and O–H groups in total. The van der Waals surface area contributed by atoms with E-state index in [1.807, 2.05) is 37.3 Å². The van der Waals surface area contributed by atoms with E-state index in [-0.39, 0.29) is 5.91 Å². The molecule has 1 fully saturated rings. The number of anilines is 2. The molecule has 1 aromatic carbocycles. The maximum Gasteiger partial charge on any atom is 0.266 e. The second kappa shape index (κ2) is 7.29. The molecule has 2 aromatic rings. The Hall–Kier alpha value is -2.63. The van der Waals surface area contributed by atoms with Crippen LogP contribution in [0.3, 0.4) is 0 Å². The Balaban J connectivity index is 1.62. The average Bonchev–Trinajstić information content (AvgIpc) is 3.09. The summed E-state index contributed by atoms with van der Waals surface area (Å²) in [6.07, 6.45) is 3.21. The predicted octanol–water partition coefficient (Wildman–Crippen LogP) is 2.79. The molecule has 1 aliphatic heterocycles. The van der Waals surface area contributed by atoms with E-state index < -0.39 is 6.10 Å². The van der Waals surface area contributed by atoms with Gasteiger partial charge in [0.25, 0.3) is 5.91 Å². The number of amides is 1. The van der Waals surface area contributed by atoms with Crippen molar-refractivity contribution in [2.75, 3.05) is 23.3 Å². The number of hydrogen-bond donors (Lipinski definition) is 1. The number of carbonyl (C=O) groups excluding carboxylic acids is 1. The van der Waals surface area contributed by atoms with Crippen molar-refractivity contribution in [3.63, 3.8) is 0 Å². The van der Waals surface area contributed by atoms with Gasteiger partial charge in [-0.15, -0.1) is 0 Å². The monoisotopic (exact) mass is 326 g/mol. The molecule has 0 unspecified atom stereocenters. The van der Waals surface area contributed by atoms with Crippen LogP contribution in [-0.2, 0) is 4.79 Å². The summed E-state index contributed by atoms with van der Waals surface area (Å²) in [7, 11) is 0. The minimum absolute atomic E-state index is 0.234. The van der Waals surface area contributed by atoms with Gasteiger partial charge < -0.3 is 15.0 Å². The number of rotatable bonds is 5. The largest absolute Gasteiger partial charge is 0.481 e. The van der Waals surface area contributed by atoms with Gasteiger partial charge in [0.15, 0.2) is 6.10 Å². The molecular formula is C18H22N4O2. The number of ether oxygens (including phenoxy) is 1. The van der Waals surface area contributed by atoms with Crippen LogP contribution in [0.15, 0.2) is 36.7 Å². The van der Waals surface area contributed by atoms with Gasteiger partial charge in [0.1, 0.15) is 23.7 Å². The Morgan fingerprint density at radius 2 is 2.04 bits per heavy atom. The van der Waals surface area contributed by atoms with E-state index in [4.69, 9.17) is 4.74 Å². The Kier molecular flexibility index (Phi) is 4.93. The van der Waals surface area contributed by atoms with Crippen LogP contribution < -0.4 is 15.0 Å². The second-order valence-corrected chi connectivity index (χ2v) is 6.02. The van der Waals surface area contributed by atoms with Gasteiger partial charge in [-0.25, -0.2) is 9.97 Å². The first-order chi connectivity index (χ1) is 11.6. The van der Waals surface area contributed by atoms with Gasteiger partial charge in [0, 0.05) is 19.2 Å². The van der Waals surface area contributed by atoms with Crippen molar-refractivity contribution in [1.29, 1.82) is 0 Å². The highest BCUT2D eigenvalue weighted by atomic mass is 16.5. The molecule has 1 saturated heterocycles. The highest BCUT2D eigenvalue weighted by molar-refractivity contribution is 5.93. The van der Waals surface area contributed by atoms with E-state index in [2.05, 4.69) is 20.2 Å². The summed E-state index contributed by atoms with van der Waals surface area (Å²) in [6, 6.07) is 9.44. The number of benzene rings is 1. The lowest BCUT2D eigenvalue weighted by Gasteiger charge is -2.17. The Morgan fingerprint density at radius 3 is 2.79 bits per heavy atom. The Labute approximate surface area is 141 Å². The molecule has 24 heavy (non-hydrogen) atoms. The zero-order valence-electron chi connectivity index (χ0n) is 14.0. The highest BCUT2D eigenvalue weighted by Crippen LogP contribution is 2.20. The molecule has 126 valence electrons. The van der Waals surface area contributed by atoms with Crippen LogP contribution in [0.25, 0.3) is 0 Å². The number of nitrogens with zero attached hydrogens (tertiary/aromatic N) is 3. The molecule has 0 radical (unpaired) electrons. The fraction of sp³-hybridized carbons (Fsp3) is 0.389. The summed E-state index contributed by atoms with van der Waals surface area (Å²) in [5.41, 5.74) is 1.09. The van der Waals surface area contributed by atoms with Crippen LogP contribution in [0.4, 0.5) is 11.6 Å². The smallest absolute Gasteiger partial charge is 0.266 e. The summed E-state index contributed by atoms with van der Waals surface area (Å²) in [6.45, 7) is 5.70. The molecule has 0 spiro atoms. The molecule has 0 bridgehead atoms. The van der Waals surface area contributed by atoms with Crippen molar-refractivity contribution in [2.45, 2.75) is 32.8 Å². The van der Waals surface area contributed by atoms with Crippen LogP contribution in [-0.4, -0.2) is 35.1 Å². The average molecular weight is 326 g/mol. The third kappa shape index (κ3) is 4.01. The van der Waals surface area contributed by atoms with Crippen molar-refractivity contribution >= 4 is 17.5 Å². The molecule has 1 aliphatic rings. The van der Waals surface area contributed by atoms with Gasteiger partial charge in [-0.05, 0) is 44.4 Å². The quantitative estimate of drug-likeness (QED) is 0.915. The molecule has 2 heterocycles. The summed E-state index contributed by atoms with van der Waals surface area (Å²) in [5.74, 6) is 1.79. The number of aryl methyl sites for hydroxylation is 1. The third-order valence-corrected chi connectivity index (χ3v) is 4.01. The van der Waals surface area contributed by atoms with E-state index >= 15 is 0 Å². The third-order valence-electron chi connectivity index (χ3n) is 4.01. The van der Waals surface area contributed by atoms with E-state index in [9.17, 15) is 4.79 Å². The number of aromatic nitrogens is 2. The molecule has 0 saturated carbocycles. The summed E-state index contributed by atoms with van der Waals surface area (Å²) in [4.78, 5) is 22.9. The lowest BCUT2D eigenvalue weighted by molar-refractivity contribution is -0.122. The van der Waals surface area contributed by atoms with Gasteiger partial charge in [0.2, 0.25) is 0 Å². The van der Waals surface area contributed by atoms with Crippen molar-refractivity contribution in [1.82, 2.24) is 9.97 Å². The standard InChI is InChI=1S/C18H22N4O2/c1-13-6-5-7-15(10-13)24-14(2)18(23)21-16-11-17(20-12-19-16)22-8-3-4-9-22/h5-7,10-12,14H,3-4,8-9H2,1-2H3,(H,19,20,21,23)/t14-/m1/s1. The minimum Gasteiger partial charge on any atom is -0.481 e. The first kappa shape index (κ1) is 16.2. The van der Waals surface area contributed by atoms with Crippen molar-refractivity contribution in [3.05, 3.63) is 42.2 Å². The van der Waals surface area contributed by atoms with E-state index in [1.165, 1.54) is 19.2 Å². The highest BCUT2D eigenvalue weighted by Gasteiger charge is 2.18. The van der Waals surface area contributed by atoms with Gasteiger partial charge in [-0.1, -0.05) is 12.1 Å². The van der Waals surface area contributed by atoms with Crippen molar-refractivity contribution < 1.29 is 9.53 Å². The first-order valence-corrected chi connectivity index (χ1v) is 8.23. The molecular weight excluding hydrogens is 304 g/mol. The SMILES string of the molecule is Cc1cccc(O[C@H](C)C(=O)Nc2cc(N3CCCC3)ncn2)c1. The maximum atomic E-state index is 12.3. The van der Waals surface area contributed by atoms with Crippen LogP contribution in [0.2, 0.25) is 0 Å². The van der Waals surface area contributed by atoms with Gasteiger partial charge in [0.05, 0.1) is 0 Å². The lowest BCUT2D eigenvalue weighted by Crippen LogP contribution is -2.30. The van der Waals surface area contributed by atoms with Crippen molar-refractivity contribution in [2.24, 2.45) is 0 Å². The van der Waals surface area contributed by atoms with Crippen LogP contribution in [0.5, 0.6) is 5.75 Å². The second-order valence-electron chi connectivity index (χ2n) is 6.02. The number of hydrogen-bond acceptors (Lipinski definition) is 5. The zero-order valence-corrected chi connectivity index (χ0v) is 14.0. The lowest BCUT2D eigenvalue weighted by atomic mass is 10.2. The molecule has 3 rings (SSSR count). The van der Waals surface area contributed by atoms with Gasteiger partial charge in [-0.3, -0.25) is 4.79 Å². The van der Waals surface area contributed by atoms with Crippen molar-refractivity contribution in [3.8, 4) is 5.75 Å². The molecule has 1 amide bonds.